The summed E-state index contributed by atoms with van der Waals surface area (Å²) in [7, 11) is 1.36. The zero-order valence-electron chi connectivity index (χ0n) is 27.9. The molecule has 0 unspecified atom stereocenters. The van der Waals surface area contributed by atoms with Crippen LogP contribution in [0.25, 0.3) is 0 Å². The standard InChI is InChI=1S/C37H52O8/c1-26(15-9-10-16-27(2)21-13-23-30(5)35(42)43-8)17-11-18-28(3)19-12-20-29(4)22-14-24-37(6,7)45-36-34(41)33(40)32(39)31(25-38)44-36/h9-23,31-34,36,38-41H,24-25H2,1-8H3/b10-9+,17-11+,19-12+,21-13+,22-14+,26-15+,27-16+,28-18+,29-20+,30-23+/t31-,32-,33+,34-,36+/m1/s1. The maximum atomic E-state index is 11.4. The van der Waals surface area contributed by atoms with E-state index in [1.807, 2.05) is 127 Å². The second-order valence-corrected chi connectivity index (χ2v) is 11.6. The molecule has 1 saturated heterocycles. The van der Waals surface area contributed by atoms with Gasteiger partial charge in [-0.2, -0.15) is 0 Å². The molecule has 1 aliphatic heterocycles. The third-order valence-corrected chi connectivity index (χ3v) is 6.75. The maximum Gasteiger partial charge on any atom is 0.333 e. The molecule has 8 heteroatoms. The molecule has 0 radical (unpaired) electrons. The molecule has 0 bridgehead atoms. The second kappa shape index (κ2) is 20.6. The molecule has 1 aliphatic rings. The van der Waals surface area contributed by atoms with Crippen LogP contribution in [0, 0.1) is 0 Å². The average Bonchev–Trinajstić information content (AvgIpc) is 2.98. The third-order valence-electron chi connectivity index (χ3n) is 6.75. The number of hydrogen-bond donors (Lipinski definition) is 4. The number of methoxy groups -OCH3 is 1. The number of ether oxygens (including phenoxy) is 3. The van der Waals surface area contributed by atoms with Gasteiger partial charge in [-0.15, -0.1) is 0 Å². The van der Waals surface area contributed by atoms with E-state index in [4.69, 9.17) is 9.47 Å². The van der Waals surface area contributed by atoms with Crippen LogP contribution < -0.4 is 0 Å². The Kier molecular flexibility index (Phi) is 18.2. The molecule has 0 saturated carbocycles. The van der Waals surface area contributed by atoms with Crippen molar-refractivity contribution in [2.24, 2.45) is 0 Å². The van der Waals surface area contributed by atoms with Crippen molar-refractivity contribution in [2.75, 3.05) is 13.7 Å². The van der Waals surface area contributed by atoms with E-state index in [0.717, 1.165) is 22.3 Å². The van der Waals surface area contributed by atoms with Gasteiger partial charge in [-0.25, -0.2) is 4.79 Å². The van der Waals surface area contributed by atoms with Crippen LogP contribution >= 0.6 is 0 Å². The highest BCUT2D eigenvalue weighted by Gasteiger charge is 2.45. The minimum Gasteiger partial charge on any atom is -0.466 e. The molecular weight excluding hydrogens is 572 g/mol. The lowest BCUT2D eigenvalue weighted by molar-refractivity contribution is -0.322. The van der Waals surface area contributed by atoms with Crippen LogP contribution in [0.5, 0.6) is 0 Å². The molecule has 0 amide bonds. The second-order valence-electron chi connectivity index (χ2n) is 11.6. The summed E-state index contributed by atoms with van der Waals surface area (Å²) >= 11 is 0. The first kappa shape index (κ1) is 39.7. The predicted octanol–water partition coefficient (Wildman–Crippen LogP) is 5.66. The minimum absolute atomic E-state index is 0.337. The first-order valence-electron chi connectivity index (χ1n) is 15.0. The van der Waals surface area contributed by atoms with Gasteiger partial charge in [0.25, 0.3) is 0 Å². The number of carbonyl (C=O) groups is 1. The molecule has 0 aromatic carbocycles. The molecule has 1 rings (SSSR count). The SMILES string of the molecule is COC(=O)/C(C)=C/C=C/C(C)=C/C=C/C=C(C)/C=C/C=C(C)/C=C/C=C(C)/C=C/CC(C)(C)O[C@@H]1O[C@H](CO)[C@@H](O)[C@H](O)[C@H]1O. The van der Waals surface area contributed by atoms with Crippen molar-refractivity contribution in [3.8, 4) is 0 Å². The van der Waals surface area contributed by atoms with Crippen LogP contribution in [0.3, 0.4) is 0 Å². The first-order valence-corrected chi connectivity index (χ1v) is 15.0. The topological polar surface area (TPSA) is 126 Å². The van der Waals surface area contributed by atoms with Gasteiger partial charge in [-0.3, -0.25) is 0 Å². The Labute approximate surface area is 269 Å². The summed E-state index contributed by atoms with van der Waals surface area (Å²) in [6, 6.07) is 0. The van der Waals surface area contributed by atoms with Crippen LogP contribution in [0.4, 0.5) is 0 Å². The van der Waals surface area contributed by atoms with E-state index >= 15 is 0 Å². The van der Waals surface area contributed by atoms with Crippen molar-refractivity contribution in [1.82, 2.24) is 0 Å². The molecule has 248 valence electrons. The Morgan fingerprint density at radius 2 is 1.18 bits per heavy atom. The van der Waals surface area contributed by atoms with E-state index in [2.05, 4.69) is 4.74 Å². The highest BCUT2D eigenvalue weighted by atomic mass is 16.7. The molecule has 0 spiro atoms. The Hall–Kier alpha value is -3.37. The Bertz CT molecular complexity index is 1250. The van der Waals surface area contributed by atoms with Crippen molar-refractivity contribution in [2.45, 2.75) is 91.2 Å². The molecule has 1 fully saturated rings. The molecule has 5 atom stereocenters. The molecule has 0 aromatic heterocycles. The molecule has 0 aromatic rings. The van der Waals surface area contributed by atoms with E-state index in [0.29, 0.717) is 12.0 Å². The monoisotopic (exact) mass is 624 g/mol. The summed E-state index contributed by atoms with van der Waals surface area (Å²) < 4.78 is 16.0. The molecule has 45 heavy (non-hydrogen) atoms. The maximum absolute atomic E-state index is 11.4. The van der Waals surface area contributed by atoms with Crippen molar-refractivity contribution in [3.05, 3.63) is 119 Å². The van der Waals surface area contributed by atoms with Crippen molar-refractivity contribution < 1.29 is 39.4 Å². The number of allylic oxidation sites excluding steroid dienone is 18. The summed E-state index contributed by atoms with van der Waals surface area (Å²) in [6.07, 6.45) is 23.5. The Balaban J connectivity index is 2.59. The predicted molar refractivity (Wildman–Crippen MR) is 180 cm³/mol. The molecule has 4 N–H and O–H groups in total. The number of hydrogen-bond acceptors (Lipinski definition) is 8. The van der Waals surface area contributed by atoms with Gasteiger partial charge in [0, 0.05) is 5.57 Å². The highest BCUT2D eigenvalue weighted by molar-refractivity contribution is 5.87. The van der Waals surface area contributed by atoms with Crippen LogP contribution in [0.15, 0.2) is 119 Å². The van der Waals surface area contributed by atoms with Gasteiger partial charge >= 0.3 is 5.97 Å². The Morgan fingerprint density at radius 3 is 1.67 bits per heavy atom. The van der Waals surface area contributed by atoms with Gasteiger partial charge in [0.05, 0.1) is 19.3 Å². The third kappa shape index (κ3) is 16.0. The number of esters is 1. The van der Waals surface area contributed by atoms with E-state index in [9.17, 15) is 25.2 Å². The van der Waals surface area contributed by atoms with Gasteiger partial charge in [0.15, 0.2) is 6.29 Å². The minimum atomic E-state index is -1.47. The number of aliphatic hydroxyl groups is 4. The molecular formula is C37H52O8. The van der Waals surface area contributed by atoms with Gasteiger partial charge < -0.3 is 34.6 Å². The summed E-state index contributed by atoms with van der Waals surface area (Å²) in [5.74, 6) is -0.337. The van der Waals surface area contributed by atoms with E-state index in [1.165, 1.54) is 7.11 Å². The van der Waals surface area contributed by atoms with E-state index in [1.54, 1.807) is 13.0 Å². The normalized spacial score (nSPS) is 25.2. The lowest BCUT2D eigenvalue weighted by Gasteiger charge is -2.42. The molecule has 0 aliphatic carbocycles. The van der Waals surface area contributed by atoms with Gasteiger partial charge in [0.1, 0.15) is 24.4 Å². The van der Waals surface area contributed by atoms with Crippen LogP contribution in [-0.4, -0.2) is 76.4 Å². The first-order chi connectivity index (χ1) is 21.2. The smallest absolute Gasteiger partial charge is 0.333 e. The zero-order valence-corrected chi connectivity index (χ0v) is 27.9. The van der Waals surface area contributed by atoms with Crippen LogP contribution in [0.1, 0.15) is 54.9 Å². The van der Waals surface area contributed by atoms with Crippen molar-refractivity contribution in [1.29, 1.82) is 0 Å². The summed E-state index contributed by atoms with van der Waals surface area (Å²) in [6.45, 7) is 12.9. The lowest BCUT2D eigenvalue weighted by atomic mass is 9.98. The van der Waals surface area contributed by atoms with Crippen molar-refractivity contribution in [3.63, 3.8) is 0 Å². The quantitative estimate of drug-likeness (QED) is 0.105. The number of rotatable bonds is 15. The van der Waals surface area contributed by atoms with Gasteiger partial charge in [-0.1, -0.05) is 113 Å². The number of aliphatic hydroxyl groups excluding tert-OH is 4. The van der Waals surface area contributed by atoms with E-state index in [-0.39, 0.29) is 5.97 Å². The summed E-state index contributed by atoms with van der Waals surface area (Å²) in [5, 5.41) is 39.5. The largest absolute Gasteiger partial charge is 0.466 e. The zero-order chi connectivity index (χ0) is 34.0. The summed E-state index contributed by atoms with van der Waals surface area (Å²) in [5.41, 5.74) is 4.11. The fraction of sp³-hybridized carbons (Fsp3) is 0.432. The lowest BCUT2D eigenvalue weighted by Crippen LogP contribution is -2.60. The fourth-order valence-electron chi connectivity index (χ4n) is 3.97. The molecule has 8 nitrogen and oxygen atoms in total. The number of carbonyl (C=O) groups excluding carboxylic acids is 1. The van der Waals surface area contributed by atoms with Crippen molar-refractivity contribution >= 4 is 5.97 Å². The van der Waals surface area contributed by atoms with Crippen LogP contribution in [-0.2, 0) is 19.0 Å². The highest BCUT2D eigenvalue weighted by Crippen LogP contribution is 2.27. The van der Waals surface area contributed by atoms with Gasteiger partial charge in [-0.05, 0) is 54.9 Å². The summed E-state index contributed by atoms with van der Waals surface area (Å²) in [4.78, 5) is 11.4. The van der Waals surface area contributed by atoms with Gasteiger partial charge in [0.2, 0.25) is 0 Å². The Morgan fingerprint density at radius 1 is 0.711 bits per heavy atom. The average molecular weight is 625 g/mol. The fourth-order valence-corrected chi connectivity index (χ4v) is 3.97. The van der Waals surface area contributed by atoms with E-state index < -0.39 is 42.9 Å². The van der Waals surface area contributed by atoms with Crippen LogP contribution in [0.2, 0.25) is 0 Å². The molecule has 1 heterocycles.